The SMILES string of the molecule is Cc1cc(NCC[N+](C)(C)O)c2c(c1NCC[N+](C)(C)O)C(=O)c1c(O)ccc(O)c1C2=O. The van der Waals surface area contributed by atoms with Crippen molar-refractivity contribution in [3.05, 3.63) is 46.0 Å². The molecule has 0 fully saturated rings. The molecular formula is C23H32N4O6+2. The topological polar surface area (TPSA) is 139 Å². The van der Waals surface area contributed by atoms with Crippen LogP contribution in [0.1, 0.15) is 37.4 Å². The van der Waals surface area contributed by atoms with E-state index in [1.165, 1.54) is 12.1 Å². The van der Waals surface area contributed by atoms with Crippen molar-refractivity contribution >= 4 is 22.9 Å². The molecule has 6 N–H and O–H groups in total. The third-order valence-corrected chi connectivity index (χ3v) is 5.53. The standard InChI is InChI=1S/C23H30N4O6/c1-13-12-14(24-8-10-26(2,3)32)17-20(21(13)25-9-11-27(4,5)33)23(31)19-16(29)7-6-15(28)18(19)22(17)30/h6-7,12,32-33H,8-11H2,1-5H3,(H2-2,24,25,28,29,30,31)/p+2. The molecule has 0 unspecified atom stereocenters. The van der Waals surface area contributed by atoms with E-state index in [4.69, 9.17) is 0 Å². The predicted molar refractivity (Wildman–Crippen MR) is 122 cm³/mol. The van der Waals surface area contributed by atoms with Gasteiger partial charge in [-0.15, -0.1) is 0 Å². The number of hydrogen-bond acceptors (Lipinski definition) is 8. The van der Waals surface area contributed by atoms with Crippen LogP contribution in [-0.2, 0) is 0 Å². The molecule has 0 aliphatic heterocycles. The highest BCUT2D eigenvalue weighted by Crippen LogP contribution is 2.43. The van der Waals surface area contributed by atoms with Crippen molar-refractivity contribution in [2.75, 3.05) is 65.0 Å². The number of fused-ring (bicyclic) bond motifs is 2. The van der Waals surface area contributed by atoms with Crippen LogP contribution in [0.15, 0.2) is 18.2 Å². The van der Waals surface area contributed by atoms with E-state index in [2.05, 4.69) is 10.6 Å². The highest BCUT2D eigenvalue weighted by Gasteiger charge is 2.38. The molecule has 10 nitrogen and oxygen atoms in total. The molecule has 2 aromatic rings. The second-order valence-corrected chi connectivity index (χ2v) is 9.42. The monoisotopic (exact) mass is 460 g/mol. The van der Waals surface area contributed by atoms with Crippen LogP contribution < -0.4 is 10.6 Å². The number of ketones is 2. The van der Waals surface area contributed by atoms with Gasteiger partial charge in [0.15, 0.2) is 0 Å². The van der Waals surface area contributed by atoms with Crippen LogP contribution in [0.4, 0.5) is 11.4 Å². The average Bonchev–Trinajstić information content (AvgIpc) is 2.67. The summed E-state index contributed by atoms with van der Waals surface area (Å²) in [6.45, 7) is 3.09. The number of aryl methyl sites for hydroxylation is 1. The lowest BCUT2D eigenvalue weighted by Gasteiger charge is -2.27. The Hall–Kier alpha value is -3.18. The first-order chi connectivity index (χ1) is 15.2. The number of likely N-dealkylation sites (N-methyl/N-ethyl adjacent to an activating group) is 2. The van der Waals surface area contributed by atoms with Gasteiger partial charge in [0, 0.05) is 11.4 Å². The van der Waals surface area contributed by atoms with Gasteiger partial charge in [0.05, 0.1) is 63.5 Å². The Labute approximate surface area is 192 Å². The largest absolute Gasteiger partial charge is 0.507 e. The summed E-state index contributed by atoms with van der Waals surface area (Å²) in [5.74, 6) is -1.95. The number of rotatable bonds is 8. The van der Waals surface area contributed by atoms with Gasteiger partial charge >= 0.3 is 0 Å². The summed E-state index contributed by atoms with van der Waals surface area (Å²) in [7, 11) is 6.46. The molecule has 0 heterocycles. The number of carbonyl (C=O) groups is 2. The minimum atomic E-state index is -0.588. The summed E-state index contributed by atoms with van der Waals surface area (Å²) in [6, 6.07) is 4.09. The lowest BCUT2D eigenvalue weighted by atomic mass is 9.80. The van der Waals surface area contributed by atoms with E-state index in [0.29, 0.717) is 43.1 Å². The van der Waals surface area contributed by atoms with E-state index in [1.807, 2.05) is 0 Å². The van der Waals surface area contributed by atoms with E-state index in [0.717, 1.165) is 0 Å². The lowest BCUT2D eigenvalue weighted by molar-refractivity contribution is -1.07. The van der Waals surface area contributed by atoms with Crippen molar-refractivity contribution < 1.29 is 39.5 Å². The van der Waals surface area contributed by atoms with Gasteiger partial charge in [-0.25, -0.2) is 10.4 Å². The van der Waals surface area contributed by atoms with Crippen LogP contribution in [0, 0.1) is 6.92 Å². The molecule has 0 spiro atoms. The molecule has 0 saturated carbocycles. The number of quaternary nitrogens is 2. The Morgan fingerprint density at radius 3 is 1.70 bits per heavy atom. The van der Waals surface area contributed by atoms with Crippen molar-refractivity contribution in [1.82, 2.24) is 0 Å². The fourth-order valence-electron chi connectivity index (χ4n) is 3.86. The molecule has 33 heavy (non-hydrogen) atoms. The van der Waals surface area contributed by atoms with Gasteiger partial charge in [0.25, 0.3) is 0 Å². The van der Waals surface area contributed by atoms with Crippen LogP contribution in [0.5, 0.6) is 11.5 Å². The molecule has 0 amide bonds. The third kappa shape index (κ3) is 5.09. The molecule has 3 rings (SSSR count). The maximum absolute atomic E-state index is 13.6. The Morgan fingerprint density at radius 2 is 1.21 bits per heavy atom. The number of hydrogen-bond donors (Lipinski definition) is 6. The highest BCUT2D eigenvalue weighted by molar-refractivity contribution is 6.33. The zero-order chi connectivity index (χ0) is 24.7. The summed E-state index contributed by atoms with van der Waals surface area (Å²) in [5, 5.41) is 46.9. The van der Waals surface area contributed by atoms with Crippen LogP contribution >= 0.6 is 0 Å². The molecule has 2 aromatic carbocycles. The second kappa shape index (κ2) is 8.64. The van der Waals surface area contributed by atoms with Gasteiger partial charge in [0.2, 0.25) is 11.6 Å². The minimum Gasteiger partial charge on any atom is -0.507 e. The van der Waals surface area contributed by atoms with Crippen LogP contribution in [0.3, 0.4) is 0 Å². The first-order valence-electron chi connectivity index (χ1n) is 10.6. The fraction of sp³-hybridized carbons (Fsp3) is 0.391. The van der Waals surface area contributed by atoms with E-state index in [1.54, 1.807) is 41.2 Å². The number of phenols is 2. The normalized spacial score (nSPS) is 13.5. The zero-order valence-corrected chi connectivity index (χ0v) is 19.6. The zero-order valence-electron chi connectivity index (χ0n) is 19.6. The minimum absolute atomic E-state index is 0.0856. The van der Waals surface area contributed by atoms with Crippen molar-refractivity contribution in [3.63, 3.8) is 0 Å². The van der Waals surface area contributed by atoms with Gasteiger partial charge in [-0.3, -0.25) is 9.59 Å². The number of benzene rings is 2. The van der Waals surface area contributed by atoms with Crippen molar-refractivity contribution in [3.8, 4) is 11.5 Å². The Bertz CT molecular complexity index is 1120. The number of nitrogens with zero attached hydrogens (tertiary/aromatic N) is 2. The summed E-state index contributed by atoms with van der Waals surface area (Å²) in [6.07, 6.45) is 0. The first kappa shape index (κ1) is 24.5. The second-order valence-electron chi connectivity index (χ2n) is 9.42. The molecule has 0 saturated heterocycles. The van der Waals surface area contributed by atoms with E-state index < -0.39 is 11.6 Å². The van der Waals surface area contributed by atoms with Crippen molar-refractivity contribution in [1.29, 1.82) is 0 Å². The number of aromatic hydroxyl groups is 2. The van der Waals surface area contributed by atoms with Gasteiger partial charge in [-0.1, -0.05) is 0 Å². The average molecular weight is 461 g/mol. The quantitative estimate of drug-likeness (QED) is 0.170. The van der Waals surface area contributed by atoms with Gasteiger partial charge in [-0.05, 0) is 30.7 Å². The summed E-state index contributed by atoms with van der Waals surface area (Å²) in [5.41, 5.74) is 1.21. The summed E-state index contributed by atoms with van der Waals surface area (Å²) >= 11 is 0. The highest BCUT2D eigenvalue weighted by atomic mass is 16.5. The number of hydroxylamine groups is 6. The van der Waals surface area contributed by atoms with E-state index >= 15 is 0 Å². The number of phenolic OH excluding ortho intramolecular Hbond substituents is 2. The molecule has 1 aliphatic carbocycles. The van der Waals surface area contributed by atoms with Gasteiger partial charge in [0.1, 0.15) is 24.6 Å². The number of carbonyl (C=O) groups excluding carboxylic acids is 2. The molecule has 1 aliphatic rings. The molecule has 178 valence electrons. The summed E-state index contributed by atoms with van der Waals surface area (Å²) in [4.78, 5) is 27.1. The van der Waals surface area contributed by atoms with Crippen LogP contribution in [-0.4, -0.2) is 95.9 Å². The molecule has 0 radical (unpaired) electrons. The molecular weight excluding hydrogens is 428 g/mol. The third-order valence-electron chi connectivity index (χ3n) is 5.53. The molecule has 0 aromatic heterocycles. The maximum Gasteiger partial charge on any atom is 0.200 e. The Balaban J connectivity index is 2.15. The van der Waals surface area contributed by atoms with Crippen molar-refractivity contribution in [2.24, 2.45) is 0 Å². The molecule has 0 atom stereocenters. The van der Waals surface area contributed by atoms with Gasteiger partial charge in [-0.2, -0.15) is 9.29 Å². The van der Waals surface area contributed by atoms with Gasteiger partial charge < -0.3 is 20.8 Å². The maximum atomic E-state index is 13.6. The van der Waals surface area contributed by atoms with E-state index in [9.17, 15) is 30.2 Å². The predicted octanol–water partition coefficient (Wildman–Crippen LogP) is 1.94. The number of anilines is 2. The summed E-state index contributed by atoms with van der Waals surface area (Å²) < 4.78 is -0.569. The van der Waals surface area contributed by atoms with Crippen LogP contribution in [0.2, 0.25) is 0 Å². The van der Waals surface area contributed by atoms with Crippen molar-refractivity contribution in [2.45, 2.75) is 6.92 Å². The number of nitrogens with one attached hydrogen (secondary N) is 2. The Morgan fingerprint density at radius 1 is 0.758 bits per heavy atom. The van der Waals surface area contributed by atoms with Crippen LogP contribution in [0.25, 0.3) is 0 Å². The van der Waals surface area contributed by atoms with E-state index in [-0.39, 0.29) is 43.0 Å². The molecule has 10 heteroatoms. The first-order valence-corrected chi connectivity index (χ1v) is 10.6. The smallest absolute Gasteiger partial charge is 0.200 e. The lowest BCUT2D eigenvalue weighted by Crippen LogP contribution is -2.40. The Kier molecular flexibility index (Phi) is 6.40. The fourth-order valence-corrected chi connectivity index (χ4v) is 3.86. The molecule has 0 bridgehead atoms.